The highest BCUT2D eigenvalue weighted by Gasteiger charge is 2.24. The molecule has 1 N–H and O–H groups in total. The molecule has 0 atom stereocenters. The van der Waals surface area contributed by atoms with Crippen LogP contribution in [0.3, 0.4) is 0 Å². The van der Waals surface area contributed by atoms with Gasteiger partial charge in [0.25, 0.3) is 0 Å². The normalized spacial score (nSPS) is 21.1. The molecule has 1 heterocycles. The third kappa shape index (κ3) is 6.02. The number of hydrogen-bond acceptors (Lipinski definition) is 5. The highest BCUT2D eigenvalue weighted by Crippen LogP contribution is 2.12. The predicted octanol–water partition coefficient (Wildman–Crippen LogP) is 0.495. The first kappa shape index (κ1) is 14.4. The maximum Gasteiger partial charge on any atom is 0.320 e. The first-order valence-electron chi connectivity index (χ1n) is 5.84. The molecule has 17 heavy (non-hydrogen) atoms. The Balaban J connectivity index is 2.26. The molecular weight excluding hydrogens is 242 g/mol. The van der Waals surface area contributed by atoms with Crippen LogP contribution in [-0.4, -0.2) is 44.1 Å². The van der Waals surface area contributed by atoms with Crippen molar-refractivity contribution in [1.82, 2.24) is 5.32 Å². The Morgan fingerprint density at radius 1 is 1.29 bits per heavy atom. The molecule has 1 aliphatic rings. The summed E-state index contributed by atoms with van der Waals surface area (Å²) in [4.78, 5) is 11.4. The van der Waals surface area contributed by atoms with Crippen molar-refractivity contribution in [3.05, 3.63) is 0 Å². The average Bonchev–Trinajstić information content (AvgIpc) is 2.13. The van der Waals surface area contributed by atoms with Gasteiger partial charge in [-0.1, -0.05) is 0 Å². The van der Waals surface area contributed by atoms with Crippen molar-refractivity contribution in [2.45, 2.75) is 45.3 Å². The summed E-state index contributed by atoms with van der Waals surface area (Å²) in [6.07, 6.45) is 1.15. The quantitative estimate of drug-likeness (QED) is 0.750. The third-order valence-corrected chi connectivity index (χ3v) is 4.23. The van der Waals surface area contributed by atoms with Gasteiger partial charge >= 0.3 is 5.97 Å². The largest absolute Gasteiger partial charge is 0.459 e. The molecule has 0 unspecified atom stereocenters. The molecular formula is C11H21NO4S. The minimum absolute atomic E-state index is 0.103. The Bertz CT molecular complexity index is 355. The van der Waals surface area contributed by atoms with E-state index in [9.17, 15) is 13.2 Å². The Kier molecular flexibility index (Phi) is 4.55. The summed E-state index contributed by atoms with van der Waals surface area (Å²) in [5, 5.41) is 3.04. The van der Waals surface area contributed by atoms with Crippen molar-refractivity contribution >= 4 is 15.8 Å². The lowest BCUT2D eigenvalue weighted by Crippen LogP contribution is -2.41. The van der Waals surface area contributed by atoms with E-state index < -0.39 is 15.4 Å². The van der Waals surface area contributed by atoms with Crippen LogP contribution in [0.1, 0.15) is 33.6 Å². The molecule has 0 spiro atoms. The fourth-order valence-corrected chi connectivity index (χ4v) is 3.19. The molecule has 0 aliphatic carbocycles. The maximum atomic E-state index is 11.4. The number of sulfone groups is 1. The number of esters is 1. The van der Waals surface area contributed by atoms with Crippen LogP contribution >= 0.6 is 0 Å². The second kappa shape index (κ2) is 5.35. The van der Waals surface area contributed by atoms with Gasteiger partial charge in [-0.3, -0.25) is 4.79 Å². The zero-order valence-electron chi connectivity index (χ0n) is 10.7. The van der Waals surface area contributed by atoms with Gasteiger partial charge in [0.05, 0.1) is 18.1 Å². The lowest BCUT2D eigenvalue weighted by atomic mass is 10.1. The smallest absolute Gasteiger partial charge is 0.320 e. The molecule has 1 rings (SSSR count). The van der Waals surface area contributed by atoms with Crippen molar-refractivity contribution in [2.24, 2.45) is 0 Å². The molecule has 0 radical (unpaired) electrons. The predicted molar refractivity (Wildman–Crippen MR) is 65.5 cm³/mol. The summed E-state index contributed by atoms with van der Waals surface area (Å²) in [6, 6.07) is 0.103. The Morgan fingerprint density at radius 3 is 2.29 bits per heavy atom. The molecule has 6 heteroatoms. The van der Waals surface area contributed by atoms with Crippen LogP contribution in [0, 0.1) is 0 Å². The monoisotopic (exact) mass is 263 g/mol. The molecule has 0 saturated carbocycles. The van der Waals surface area contributed by atoms with Crippen molar-refractivity contribution in [2.75, 3.05) is 18.1 Å². The lowest BCUT2D eigenvalue weighted by Gasteiger charge is -2.24. The molecule has 0 bridgehead atoms. The minimum atomic E-state index is -2.84. The van der Waals surface area contributed by atoms with E-state index in [0.29, 0.717) is 12.8 Å². The zero-order chi connectivity index (χ0) is 13.1. The lowest BCUT2D eigenvalue weighted by molar-refractivity contribution is -0.153. The van der Waals surface area contributed by atoms with Gasteiger partial charge in [-0.2, -0.15) is 0 Å². The second-order valence-electron chi connectivity index (χ2n) is 5.39. The highest BCUT2D eigenvalue weighted by atomic mass is 32.2. The van der Waals surface area contributed by atoms with Gasteiger partial charge in [0.2, 0.25) is 0 Å². The first-order chi connectivity index (χ1) is 7.68. The van der Waals surface area contributed by atoms with E-state index in [1.807, 2.05) is 20.8 Å². The topological polar surface area (TPSA) is 72.5 Å². The number of carbonyl (C=O) groups is 1. The standard InChI is InChI=1S/C11H21NO4S/c1-11(2,3)16-10(13)8-12-9-4-6-17(14,15)7-5-9/h9,12H,4-8H2,1-3H3. The number of ether oxygens (including phenoxy) is 1. The molecule has 0 aromatic carbocycles. The van der Waals surface area contributed by atoms with Crippen LogP contribution in [0.4, 0.5) is 0 Å². The van der Waals surface area contributed by atoms with Gasteiger partial charge in [0.1, 0.15) is 15.4 Å². The molecule has 0 aromatic rings. The molecule has 1 aliphatic heterocycles. The summed E-state index contributed by atoms with van der Waals surface area (Å²) < 4.78 is 27.6. The maximum absolute atomic E-state index is 11.4. The van der Waals surface area contributed by atoms with Crippen molar-refractivity contribution in [3.63, 3.8) is 0 Å². The highest BCUT2D eigenvalue weighted by molar-refractivity contribution is 7.91. The van der Waals surface area contributed by atoms with Gasteiger partial charge in [-0.15, -0.1) is 0 Å². The third-order valence-electron chi connectivity index (χ3n) is 2.51. The van der Waals surface area contributed by atoms with Crippen LogP contribution in [0.5, 0.6) is 0 Å². The zero-order valence-corrected chi connectivity index (χ0v) is 11.5. The molecule has 5 nitrogen and oxygen atoms in total. The van der Waals surface area contributed by atoms with E-state index in [1.165, 1.54) is 0 Å². The molecule has 0 aromatic heterocycles. The minimum Gasteiger partial charge on any atom is -0.459 e. The van der Waals surface area contributed by atoms with Gasteiger partial charge in [-0.25, -0.2) is 8.42 Å². The average molecular weight is 263 g/mol. The second-order valence-corrected chi connectivity index (χ2v) is 7.70. The SMILES string of the molecule is CC(C)(C)OC(=O)CNC1CCS(=O)(=O)CC1. The summed E-state index contributed by atoms with van der Waals surface area (Å²) in [6.45, 7) is 5.59. The summed E-state index contributed by atoms with van der Waals surface area (Å²) >= 11 is 0. The van der Waals surface area contributed by atoms with Crippen LogP contribution in [0.25, 0.3) is 0 Å². The van der Waals surface area contributed by atoms with E-state index in [-0.39, 0.29) is 30.1 Å². The number of carbonyl (C=O) groups excluding carboxylic acids is 1. The van der Waals surface area contributed by atoms with Crippen LogP contribution in [0.2, 0.25) is 0 Å². The van der Waals surface area contributed by atoms with E-state index in [0.717, 1.165) is 0 Å². The summed E-state index contributed by atoms with van der Waals surface area (Å²) in [5.74, 6) is 0.115. The molecule has 1 saturated heterocycles. The van der Waals surface area contributed by atoms with Gasteiger partial charge in [-0.05, 0) is 33.6 Å². The number of nitrogens with one attached hydrogen (secondary N) is 1. The van der Waals surface area contributed by atoms with Crippen LogP contribution < -0.4 is 5.32 Å². The summed E-state index contributed by atoms with van der Waals surface area (Å²) in [7, 11) is -2.84. The molecule has 100 valence electrons. The Hall–Kier alpha value is -0.620. The van der Waals surface area contributed by atoms with E-state index in [4.69, 9.17) is 4.74 Å². The van der Waals surface area contributed by atoms with Gasteiger partial charge in [0.15, 0.2) is 0 Å². The van der Waals surface area contributed by atoms with Gasteiger partial charge < -0.3 is 10.1 Å². The number of hydrogen-bond donors (Lipinski definition) is 1. The van der Waals surface area contributed by atoms with Crippen molar-refractivity contribution in [3.8, 4) is 0 Å². The van der Waals surface area contributed by atoms with E-state index >= 15 is 0 Å². The van der Waals surface area contributed by atoms with Crippen LogP contribution in [0.15, 0.2) is 0 Å². The van der Waals surface area contributed by atoms with Crippen molar-refractivity contribution in [1.29, 1.82) is 0 Å². The fourth-order valence-electron chi connectivity index (χ4n) is 1.70. The van der Waals surface area contributed by atoms with E-state index in [1.54, 1.807) is 0 Å². The first-order valence-corrected chi connectivity index (χ1v) is 7.66. The Morgan fingerprint density at radius 2 is 1.82 bits per heavy atom. The molecule has 1 fully saturated rings. The van der Waals surface area contributed by atoms with E-state index in [2.05, 4.69) is 5.32 Å². The Labute approximate surface area is 103 Å². The van der Waals surface area contributed by atoms with Crippen molar-refractivity contribution < 1.29 is 17.9 Å². The fraction of sp³-hybridized carbons (Fsp3) is 0.909. The summed E-state index contributed by atoms with van der Waals surface area (Å²) in [5.41, 5.74) is -0.478. The number of rotatable bonds is 3. The molecule has 0 amide bonds. The van der Waals surface area contributed by atoms with Crippen LogP contribution in [-0.2, 0) is 19.4 Å². The van der Waals surface area contributed by atoms with Gasteiger partial charge in [0, 0.05) is 6.04 Å².